The van der Waals surface area contributed by atoms with Crippen LogP contribution in [-0.4, -0.2) is 44.3 Å². The monoisotopic (exact) mass is 470 g/mol. The lowest BCUT2D eigenvalue weighted by Crippen LogP contribution is -2.09. The Morgan fingerprint density at radius 1 is 1.18 bits per heavy atom. The van der Waals surface area contributed by atoms with Crippen molar-refractivity contribution in [2.75, 3.05) is 13.7 Å². The molecule has 170 valence electrons. The Labute approximate surface area is 201 Å². The van der Waals surface area contributed by atoms with E-state index < -0.39 is 0 Å². The van der Waals surface area contributed by atoms with Crippen molar-refractivity contribution in [3.8, 4) is 23.3 Å². The second-order valence-electron chi connectivity index (χ2n) is 7.66. The smallest absolute Gasteiger partial charge is 0.162 e. The van der Waals surface area contributed by atoms with Crippen LogP contribution in [0.15, 0.2) is 59.0 Å². The summed E-state index contributed by atoms with van der Waals surface area (Å²) in [4.78, 5) is 9.70. The first-order valence-electron chi connectivity index (χ1n) is 10.7. The molecule has 1 aliphatic rings. The number of benzene rings is 2. The molecule has 0 spiro atoms. The Kier molecular flexibility index (Phi) is 6.18. The van der Waals surface area contributed by atoms with Gasteiger partial charge in [0.05, 0.1) is 30.1 Å². The van der Waals surface area contributed by atoms with Gasteiger partial charge in [0.15, 0.2) is 5.82 Å². The van der Waals surface area contributed by atoms with Gasteiger partial charge in [-0.05, 0) is 37.3 Å². The van der Waals surface area contributed by atoms with Gasteiger partial charge in [0.1, 0.15) is 17.6 Å². The van der Waals surface area contributed by atoms with Gasteiger partial charge in [-0.15, -0.1) is 21.5 Å². The lowest BCUT2D eigenvalue weighted by Gasteiger charge is -2.14. The average molecular weight is 471 g/mol. The number of aryl methyl sites for hydroxylation is 1. The van der Waals surface area contributed by atoms with Crippen LogP contribution in [0, 0.1) is 18.8 Å². The van der Waals surface area contributed by atoms with E-state index in [0.717, 1.165) is 50.5 Å². The summed E-state index contributed by atoms with van der Waals surface area (Å²) in [5.41, 5.74) is 6.59. The van der Waals surface area contributed by atoms with Crippen LogP contribution in [-0.2, 0) is 6.42 Å². The van der Waals surface area contributed by atoms with Gasteiger partial charge in [-0.3, -0.25) is 9.56 Å². The number of hydrogen-bond acceptors (Lipinski definition) is 8. The number of hydrogen-bond donors (Lipinski definition) is 2. The van der Waals surface area contributed by atoms with Crippen molar-refractivity contribution in [1.29, 1.82) is 0 Å². The van der Waals surface area contributed by atoms with Crippen molar-refractivity contribution in [3.05, 3.63) is 87.4 Å². The van der Waals surface area contributed by atoms with Crippen molar-refractivity contribution in [2.45, 2.75) is 19.4 Å². The molecule has 1 atom stereocenters. The molecule has 0 saturated heterocycles. The molecule has 1 aliphatic heterocycles. The lowest BCUT2D eigenvalue weighted by molar-refractivity contribution is 0.181. The standard InChI is InChI=1S/C25H22N6O2S/c1-16-29-30-25-21(15-23-26-12-13-34-23)28-24(18-7-5-17(6-8-18)4-3-11-27-32)20-14-19(33-2)9-10-22(20)31(16)25/h5-10,12-14,21,27,32H,11,15H2,1-2H3/t21-/m0/s1. The minimum atomic E-state index is -0.254. The maximum Gasteiger partial charge on any atom is 0.162 e. The van der Waals surface area contributed by atoms with E-state index in [4.69, 9.17) is 14.9 Å². The van der Waals surface area contributed by atoms with Gasteiger partial charge in [-0.25, -0.2) is 4.98 Å². The van der Waals surface area contributed by atoms with Gasteiger partial charge >= 0.3 is 0 Å². The topological polar surface area (TPSA) is 97.4 Å². The number of aromatic nitrogens is 4. The number of methoxy groups -OCH3 is 1. The van der Waals surface area contributed by atoms with Crippen LogP contribution < -0.4 is 10.2 Å². The molecule has 0 saturated carbocycles. The van der Waals surface area contributed by atoms with E-state index in [9.17, 15) is 0 Å². The fraction of sp³-hybridized carbons (Fsp3) is 0.200. The van der Waals surface area contributed by atoms with E-state index in [1.807, 2.05) is 66.4 Å². The van der Waals surface area contributed by atoms with Crippen molar-refractivity contribution < 1.29 is 9.94 Å². The fourth-order valence-corrected chi connectivity index (χ4v) is 4.64. The van der Waals surface area contributed by atoms with Crippen LogP contribution in [0.1, 0.15) is 39.4 Å². The van der Waals surface area contributed by atoms with Crippen molar-refractivity contribution >= 4 is 17.0 Å². The number of nitrogens with one attached hydrogen (secondary N) is 1. The predicted octanol–water partition coefficient (Wildman–Crippen LogP) is 3.51. The molecule has 3 heterocycles. The van der Waals surface area contributed by atoms with Crippen molar-refractivity contribution in [1.82, 2.24) is 25.2 Å². The van der Waals surface area contributed by atoms with E-state index in [-0.39, 0.29) is 12.6 Å². The molecule has 2 N–H and O–H groups in total. The maximum absolute atomic E-state index is 8.72. The molecule has 0 fully saturated rings. The minimum Gasteiger partial charge on any atom is -0.497 e. The molecule has 34 heavy (non-hydrogen) atoms. The lowest BCUT2D eigenvalue weighted by atomic mass is 9.99. The Balaban J connectivity index is 1.67. The number of thiazole rings is 1. The van der Waals surface area contributed by atoms with E-state index in [0.29, 0.717) is 6.42 Å². The largest absolute Gasteiger partial charge is 0.497 e. The van der Waals surface area contributed by atoms with E-state index in [1.165, 1.54) is 0 Å². The Morgan fingerprint density at radius 3 is 2.76 bits per heavy atom. The summed E-state index contributed by atoms with van der Waals surface area (Å²) >= 11 is 1.61. The Bertz CT molecular complexity index is 1400. The summed E-state index contributed by atoms with van der Waals surface area (Å²) in [6.45, 7) is 2.16. The Morgan fingerprint density at radius 2 is 2.03 bits per heavy atom. The summed E-state index contributed by atoms with van der Waals surface area (Å²) in [7, 11) is 1.66. The van der Waals surface area contributed by atoms with Crippen molar-refractivity contribution in [3.63, 3.8) is 0 Å². The molecule has 0 amide bonds. The zero-order valence-corrected chi connectivity index (χ0v) is 19.5. The summed E-state index contributed by atoms with van der Waals surface area (Å²) in [6, 6.07) is 13.6. The van der Waals surface area contributed by atoms with Gasteiger partial charge in [-0.2, -0.15) is 5.48 Å². The average Bonchev–Trinajstić information content (AvgIpc) is 3.49. The highest BCUT2D eigenvalue weighted by atomic mass is 32.1. The van der Waals surface area contributed by atoms with Crippen LogP contribution in [0.3, 0.4) is 0 Å². The minimum absolute atomic E-state index is 0.207. The third-order valence-corrected chi connectivity index (χ3v) is 6.34. The number of fused-ring (bicyclic) bond motifs is 3. The Hall–Kier alpha value is -3.84. The molecule has 0 bridgehead atoms. The summed E-state index contributed by atoms with van der Waals surface area (Å²) in [5.74, 6) is 8.20. The van der Waals surface area contributed by atoms with Gasteiger partial charge < -0.3 is 9.94 Å². The zero-order valence-electron chi connectivity index (χ0n) is 18.7. The third kappa shape index (κ3) is 4.22. The molecule has 2 aromatic carbocycles. The fourth-order valence-electron chi connectivity index (χ4n) is 3.99. The molecule has 2 aromatic heterocycles. The SMILES string of the molecule is COc1ccc2c(c1)C(c1ccc(C#CCNO)cc1)=N[C@@H](Cc1nccs1)c1nnc(C)n1-2. The number of hydroxylamine groups is 1. The highest BCUT2D eigenvalue weighted by Gasteiger charge is 2.29. The van der Waals surface area contributed by atoms with E-state index in [1.54, 1.807) is 18.4 Å². The molecular formula is C25H22N6O2S. The molecule has 0 radical (unpaired) electrons. The summed E-state index contributed by atoms with van der Waals surface area (Å²) < 4.78 is 7.62. The van der Waals surface area contributed by atoms with E-state index >= 15 is 0 Å². The van der Waals surface area contributed by atoms with E-state index in [2.05, 4.69) is 31.6 Å². The van der Waals surface area contributed by atoms with Crippen LogP contribution in [0.4, 0.5) is 0 Å². The van der Waals surface area contributed by atoms with Crippen LogP contribution in [0.2, 0.25) is 0 Å². The molecule has 0 aliphatic carbocycles. The van der Waals surface area contributed by atoms with Gasteiger partial charge in [-0.1, -0.05) is 24.0 Å². The maximum atomic E-state index is 8.72. The second-order valence-corrected chi connectivity index (χ2v) is 8.64. The second kappa shape index (κ2) is 9.57. The number of nitrogens with zero attached hydrogens (tertiary/aromatic N) is 5. The molecule has 8 nitrogen and oxygen atoms in total. The van der Waals surface area contributed by atoms with Crippen LogP contribution in [0.25, 0.3) is 5.69 Å². The van der Waals surface area contributed by atoms with Crippen LogP contribution >= 0.6 is 11.3 Å². The normalized spacial score (nSPS) is 14.3. The first-order valence-corrected chi connectivity index (χ1v) is 11.6. The predicted molar refractivity (Wildman–Crippen MR) is 130 cm³/mol. The third-order valence-electron chi connectivity index (χ3n) is 5.54. The first kappa shape index (κ1) is 22.0. The number of rotatable bonds is 5. The molecule has 4 aromatic rings. The molecule has 0 unspecified atom stereocenters. The summed E-state index contributed by atoms with van der Waals surface area (Å²) in [5, 5.41) is 20.6. The highest BCUT2D eigenvalue weighted by molar-refractivity contribution is 7.09. The van der Waals surface area contributed by atoms with Crippen molar-refractivity contribution in [2.24, 2.45) is 4.99 Å². The van der Waals surface area contributed by atoms with Gasteiger partial charge in [0.25, 0.3) is 0 Å². The van der Waals surface area contributed by atoms with Crippen LogP contribution in [0.5, 0.6) is 5.75 Å². The van der Waals surface area contributed by atoms with Gasteiger partial charge in [0.2, 0.25) is 0 Å². The first-order chi connectivity index (χ1) is 16.7. The molecular weight excluding hydrogens is 448 g/mol. The van der Waals surface area contributed by atoms with Gasteiger partial charge in [0, 0.05) is 34.7 Å². The molecule has 5 rings (SSSR count). The highest BCUT2D eigenvalue weighted by Crippen LogP contribution is 2.34. The molecule has 9 heteroatoms. The number of aliphatic imine (C=N–C) groups is 1. The summed E-state index contributed by atoms with van der Waals surface area (Å²) in [6.07, 6.45) is 2.44. The number of ether oxygens (including phenoxy) is 1. The quantitative estimate of drug-likeness (QED) is 0.342. The zero-order chi connectivity index (χ0) is 23.5.